The highest BCUT2D eigenvalue weighted by Gasteiger charge is 2.33. The Kier molecular flexibility index (Phi) is 7.59. The number of nitrogens with one attached hydrogen (secondary N) is 2. The topological polar surface area (TPSA) is 114 Å². The van der Waals surface area contributed by atoms with Crippen LogP contribution in [-0.2, 0) is 16.6 Å². The number of carbonyl (C=O) groups excluding carboxylic acids is 2. The number of carbonyl (C=O) groups is 2. The predicted molar refractivity (Wildman–Crippen MR) is 123 cm³/mol. The van der Waals surface area contributed by atoms with Gasteiger partial charge in [0.1, 0.15) is 22.1 Å². The molecule has 0 radical (unpaired) electrons. The maximum atomic E-state index is 13.3. The molecule has 3 rings (SSSR count). The van der Waals surface area contributed by atoms with E-state index in [-0.39, 0.29) is 40.2 Å². The SMILES string of the molecule is CN(C)/C=C(\C=C(/C=O)Nc1nc2ncc(Oc3ccnc(NC=O)c3)c(Cl)c2n1C)C(F)(F)F. The van der Waals surface area contributed by atoms with Gasteiger partial charge in [-0.2, -0.15) is 18.2 Å². The van der Waals surface area contributed by atoms with E-state index >= 15 is 0 Å². The van der Waals surface area contributed by atoms with Gasteiger partial charge in [0.25, 0.3) is 0 Å². The number of nitrogens with zero attached hydrogens (tertiary/aromatic N) is 5. The van der Waals surface area contributed by atoms with E-state index in [0.717, 1.165) is 6.20 Å². The molecule has 14 heteroatoms. The Labute approximate surface area is 202 Å². The number of imidazole rings is 1. The minimum absolute atomic E-state index is 0.0256. The van der Waals surface area contributed by atoms with Gasteiger partial charge in [-0.1, -0.05) is 11.6 Å². The summed E-state index contributed by atoms with van der Waals surface area (Å²) in [7, 11) is 4.40. The summed E-state index contributed by atoms with van der Waals surface area (Å²) in [5.74, 6) is 0.741. The van der Waals surface area contributed by atoms with Gasteiger partial charge in [0.2, 0.25) is 12.4 Å². The van der Waals surface area contributed by atoms with Crippen molar-refractivity contribution >= 4 is 47.2 Å². The number of allylic oxidation sites excluding steroid dienone is 3. The largest absolute Gasteiger partial charge is 0.454 e. The van der Waals surface area contributed by atoms with Crippen LogP contribution in [0, 0.1) is 0 Å². The van der Waals surface area contributed by atoms with Gasteiger partial charge in [-0.3, -0.25) is 9.59 Å². The molecular weight excluding hydrogens is 491 g/mol. The lowest BCUT2D eigenvalue weighted by Gasteiger charge is -2.13. The van der Waals surface area contributed by atoms with Gasteiger partial charge in [-0.15, -0.1) is 0 Å². The monoisotopic (exact) mass is 509 g/mol. The summed E-state index contributed by atoms with van der Waals surface area (Å²) in [5.41, 5.74) is -0.954. The summed E-state index contributed by atoms with van der Waals surface area (Å²) >= 11 is 6.49. The van der Waals surface area contributed by atoms with Crippen LogP contribution in [0.3, 0.4) is 0 Å². The average molecular weight is 510 g/mol. The van der Waals surface area contributed by atoms with E-state index in [9.17, 15) is 22.8 Å². The summed E-state index contributed by atoms with van der Waals surface area (Å²) in [6.45, 7) is 0. The van der Waals surface area contributed by atoms with Crippen molar-refractivity contribution in [3.63, 3.8) is 0 Å². The van der Waals surface area contributed by atoms with Crippen LogP contribution in [0.15, 0.2) is 48.1 Å². The Hall–Kier alpha value is -4.13. The van der Waals surface area contributed by atoms with Gasteiger partial charge in [-0.25, -0.2) is 9.97 Å². The fourth-order valence-electron chi connectivity index (χ4n) is 2.90. The second kappa shape index (κ2) is 10.4. The Bertz CT molecular complexity index is 1320. The molecule has 0 unspecified atom stereocenters. The molecule has 0 aliphatic rings. The van der Waals surface area contributed by atoms with Crippen LogP contribution in [0.4, 0.5) is 24.9 Å². The first kappa shape index (κ1) is 25.5. The number of anilines is 2. The van der Waals surface area contributed by atoms with E-state index in [4.69, 9.17) is 16.3 Å². The summed E-state index contributed by atoms with van der Waals surface area (Å²) in [4.78, 5) is 35.7. The van der Waals surface area contributed by atoms with Crippen LogP contribution in [0.25, 0.3) is 11.2 Å². The number of halogens is 4. The Morgan fingerprint density at radius 3 is 2.63 bits per heavy atom. The van der Waals surface area contributed by atoms with Crippen LogP contribution in [-0.4, -0.2) is 57.4 Å². The lowest BCUT2D eigenvalue weighted by atomic mass is 10.2. The van der Waals surface area contributed by atoms with E-state index in [1.54, 1.807) is 0 Å². The Morgan fingerprint density at radius 1 is 1.26 bits per heavy atom. The van der Waals surface area contributed by atoms with Crippen molar-refractivity contribution in [2.45, 2.75) is 6.18 Å². The molecule has 2 N–H and O–H groups in total. The van der Waals surface area contributed by atoms with Crippen molar-refractivity contribution in [1.29, 1.82) is 0 Å². The molecule has 0 aliphatic heterocycles. The van der Waals surface area contributed by atoms with E-state index in [1.807, 2.05) is 0 Å². The fourth-order valence-corrected chi connectivity index (χ4v) is 3.20. The zero-order valence-corrected chi connectivity index (χ0v) is 19.3. The van der Waals surface area contributed by atoms with Crippen LogP contribution < -0.4 is 15.4 Å². The first-order chi connectivity index (χ1) is 16.5. The van der Waals surface area contributed by atoms with Crippen LogP contribution >= 0.6 is 11.6 Å². The lowest BCUT2D eigenvalue weighted by molar-refractivity contribution is -0.106. The molecule has 0 spiro atoms. The van der Waals surface area contributed by atoms with Crippen molar-refractivity contribution < 1.29 is 27.5 Å². The van der Waals surface area contributed by atoms with E-state index in [1.165, 1.54) is 55.1 Å². The maximum Gasteiger partial charge on any atom is 0.417 e. The van der Waals surface area contributed by atoms with Gasteiger partial charge >= 0.3 is 6.18 Å². The maximum absolute atomic E-state index is 13.3. The molecule has 35 heavy (non-hydrogen) atoms. The smallest absolute Gasteiger partial charge is 0.417 e. The normalized spacial score (nSPS) is 12.4. The molecule has 0 aromatic carbocycles. The highest BCUT2D eigenvalue weighted by atomic mass is 35.5. The molecule has 0 saturated carbocycles. The van der Waals surface area contributed by atoms with Crippen molar-refractivity contribution in [3.8, 4) is 11.5 Å². The predicted octanol–water partition coefficient (Wildman–Crippen LogP) is 3.88. The van der Waals surface area contributed by atoms with Gasteiger partial charge in [0, 0.05) is 39.6 Å². The molecular formula is C21H19ClF3N7O3. The fraction of sp³-hybridized carbons (Fsp3) is 0.190. The molecule has 0 fully saturated rings. The van der Waals surface area contributed by atoms with E-state index in [2.05, 4.69) is 25.6 Å². The van der Waals surface area contributed by atoms with Crippen LogP contribution in [0.5, 0.6) is 11.5 Å². The summed E-state index contributed by atoms with van der Waals surface area (Å²) in [6.07, 6.45) is 0.270. The molecule has 1 amide bonds. The Balaban J connectivity index is 1.96. The molecule has 184 valence electrons. The third-order valence-electron chi connectivity index (χ3n) is 4.39. The lowest BCUT2D eigenvalue weighted by Crippen LogP contribution is -2.16. The number of hydrogen-bond acceptors (Lipinski definition) is 8. The van der Waals surface area contributed by atoms with E-state index < -0.39 is 11.7 Å². The molecule has 0 aliphatic carbocycles. The van der Waals surface area contributed by atoms with Gasteiger partial charge in [0.15, 0.2) is 17.7 Å². The number of aromatic nitrogens is 4. The number of pyridine rings is 2. The molecule has 3 heterocycles. The van der Waals surface area contributed by atoms with Crippen molar-refractivity contribution in [1.82, 2.24) is 24.4 Å². The summed E-state index contributed by atoms with van der Waals surface area (Å²) in [6, 6.07) is 3.00. The third-order valence-corrected chi connectivity index (χ3v) is 4.76. The number of alkyl halides is 3. The average Bonchev–Trinajstić information content (AvgIpc) is 3.10. The number of fused-ring (bicyclic) bond motifs is 1. The Morgan fingerprint density at radius 2 is 2.00 bits per heavy atom. The van der Waals surface area contributed by atoms with Crippen LogP contribution in [0.1, 0.15) is 0 Å². The number of amides is 1. The molecule has 3 aromatic heterocycles. The number of aryl methyl sites for hydroxylation is 1. The molecule has 0 bridgehead atoms. The van der Waals surface area contributed by atoms with Gasteiger partial charge in [-0.05, 0) is 12.1 Å². The number of ether oxygens (including phenoxy) is 1. The van der Waals surface area contributed by atoms with E-state index in [0.29, 0.717) is 23.8 Å². The van der Waals surface area contributed by atoms with Gasteiger partial charge in [0.05, 0.1) is 17.5 Å². The third kappa shape index (κ3) is 6.06. The van der Waals surface area contributed by atoms with Gasteiger partial charge < -0.3 is 24.8 Å². The van der Waals surface area contributed by atoms with Crippen LogP contribution in [0.2, 0.25) is 5.02 Å². The first-order valence-electron chi connectivity index (χ1n) is 9.77. The summed E-state index contributed by atoms with van der Waals surface area (Å²) in [5, 5.41) is 5.08. The zero-order valence-electron chi connectivity index (χ0n) is 18.6. The molecule has 0 saturated heterocycles. The number of rotatable bonds is 9. The second-order valence-electron chi connectivity index (χ2n) is 7.23. The minimum atomic E-state index is -4.68. The second-order valence-corrected chi connectivity index (χ2v) is 7.61. The first-order valence-corrected chi connectivity index (χ1v) is 10.2. The summed E-state index contributed by atoms with van der Waals surface area (Å²) < 4.78 is 47.2. The molecule has 10 nitrogen and oxygen atoms in total. The van der Waals surface area contributed by atoms with Crippen molar-refractivity contribution in [2.75, 3.05) is 24.7 Å². The van der Waals surface area contributed by atoms with Crippen molar-refractivity contribution in [3.05, 3.63) is 53.1 Å². The molecule has 0 atom stereocenters. The number of hydrogen-bond donors (Lipinski definition) is 2. The zero-order chi connectivity index (χ0) is 25.8. The highest BCUT2D eigenvalue weighted by Crippen LogP contribution is 2.36. The highest BCUT2D eigenvalue weighted by molar-refractivity contribution is 6.36. The standard InChI is InChI=1S/C21H19ClF3N7O3/c1-31(2)9-12(21(23,24)25)6-13(10-33)29-20-30-19-18(32(20)3)17(22)15(8-27-19)35-14-4-5-26-16(7-14)28-11-34/h4-11H,1-3H3,(H,26,28,34)(H,27,29,30)/b12-9+,13-6+. The van der Waals surface area contributed by atoms with Crippen molar-refractivity contribution in [2.24, 2.45) is 7.05 Å². The quantitative estimate of drug-likeness (QED) is 0.254. The number of aldehydes is 1. The minimum Gasteiger partial charge on any atom is -0.454 e. The molecule has 3 aromatic rings.